The molecule has 0 aromatic heterocycles. The number of halogens is 1. The van der Waals surface area contributed by atoms with Crippen molar-refractivity contribution in [2.45, 2.75) is 57.7 Å². The Hall–Kier alpha value is -2.31. The lowest BCUT2D eigenvalue weighted by molar-refractivity contribution is 0.00886. The monoisotopic (exact) mass is 364 g/mol. The number of hydrogen-bond donors (Lipinski definition) is 0. The van der Waals surface area contributed by atoms with Gasteiger partial charge in [0, 0.05) is 17.9 Å². The summed E-state index contributed by atoms with van der Waals surface area (Å²) in [7, 11) is 0. The average Bonchev–Trinajstić information content (AvgIpc) is 2.72. The van der Waals surface area contributed by atoms with E-state index in [9.17, 15) is 9.18 Å². The maximum absolute atomic E-state index is 14.4. The average molecular weight is 364 g/mol. The second kappa shape index (κ2) is 8.87. The van der Waals surface area contributed by atoms with Gasteiger partial charge in [0.15, 0.2) is 0 Å². The molecule has 8 heteroatoms. The highest BCUT2D eigenvalue weighted by Gasteiger charge is 2.35. The van der Waals surface area contributed by atoms with Crippen molar-refractivity contribution in [3.63, 3.8) is 0 Å². The minimum absolute atomic E-state index is 0.0514. The zero-order valence-corrected chi connectivity index (χ0v) is 15.3. The van der Waals surface area contributed by atoms with E-state index < -0.39 is 30.0 Å². The van der Waals surface area contributed by atoms with E-state index in [0.29, 0.717) is 0 Å². The maximum atomic E-state index is 14.4. The van der Waals surface area contributed by atoms with Gasteiger partial charge in [-0.1, -0.05) is 35.4 Å². The molecule has 7 nitrogen and oxygen atoms in total. The Balaban J connectivity index is 2.09. The van der Waals surface area contributed by atoms with Gasteiger partial charge in [-0.25, -0.2) is 9.18 Å². The van der Waals surface area contributed by atoms with Crippen LogP contribution < -0.4 is 0 Å². The Morgan fingerprint density at radius 1 is 1.35 bits per heavy atom. The lowest BCUT2D eigenvalue weighted by Gasteiger charge is -2.28. The minimum Gasteiger partial charge on any atom is -0.444 e. The van der Waals surface area contributed by atoms with Crippen LogP contribution >= 0.6 is 0 Å². The summed E-state index contributed by atoms with van der Waals surface area (Å²) in [6.45, 7) is 5.45. The van der Waals surface area contributed by atoms with Crippen LogP contribution in [0.3, 0.4) is 0 Å². The number of carbonyl (C=O) groups excluding carboxylic acids is 1. The molecule has 0 saturated carbocycles. The fraction of sp³-hybridized carbons (Fsp3) is 0.611. The van der Waals surface area contributed by atoms with Crippen LogP contribution in [0.4, 0.5) is 9.18 Å². The summed E-state index contributed by atoms with van der Waals surface area (Å²) in [6.07, 6.45) is -2.48. The van der Waals surface area contributed by atoms with E-state index in [0.717, 1.165) is 5.56 Å². The van der Waals surface area contributed by atoms with E-state index in [-0.39, 0.29) is 26.1 Å². The van der Waals surface area contributed by atoms with Crippen molar-refractivity contribution in [3.05, 3.63) is 46.3 Å². The summed E-state index contributed by atoms with van der Waals surface area (Å²) in [6, 6.07) is 8.79. The van der Waals surface area contributed by atoms with Gasteiger partial charge in [-0.3, -0.25) is 0 Å². The van der Waals surface area contributed by atoms with Gasteiger partial charge in [0.1, 0.15) is 11.8 Å². The van der Waals surface area contributed by atoms with Crippen LogP contribution in [0.25, 0.3) is 10.4 Å². The van der Waals surface area contributed by atoms with E-state index >= 15 is 0 Å². The molecule has 0 aliphatic carbocycles. The smallest absolute Gasteiger partial charge is 0.410 e. The quantitative estimate of drug-likeness (QED) is 0.455. The zero-order chi connectivity index (χ0) is 19.2. The van der Waals surface area contributed by atoms with Crippen LogP contribution in [0.15, 0.2) is 35.4 Å². The summed E-state index contributed by atoms with van der Waals surface area (Å²) in [5.74, 6) is 0. The molecule has 0 unspecified atom stereocenters. The van der Waals surface area contributed by atoms with Gasteiger partial charge in [-0.05, 0) is 31.9 Å². The summed E-state index contributed by atoms with van der Waals surface area (Å²) in [4.78, 5) is 16.4. The number of ether oxygens (including phenoxy) is 2. The number of nitrogens with zero attached hydrogens (tertiary/aromatic N) is 4. The van der Waals surface area contributed by atoms with E-state index in [1.807, 2.05) is 30.3 Å². The molecular weight excluding hydrogens is 339 g/mol. The zero-order valence-electron chi connectivity index (χ0n) is 15.3. The second-order valence-corrected chi connectivity index (χ2v) is 7.33. The van der Waals surface area contributed by atoms with E-state index in [1.54, 1.807) is 20.8 Å². The van der Waals surface area contributed by atoms with Crippen molar-refractivity contribution in [3.8, 4) is 0 Å². The van der Waals surface area contributed by atoms with Crippen molar-refractivity contribution in [2.75, 3.05) is 13.1 Å². The molecule has 1 fully saturated rings. The van der Waals surface area contributed by atoms with Crippen molar-refractivity contribution in [2.24, 2.45) is 5.11 Å². The fourth-order valence-electron chi connectivity index (χ4n) is 2.75. The standard InChI is InChI=1S/C18H25FN4O3/c1-18(2,3)26-17(24)23-10-14(19)9-16(15(11-23)21-22-20)25-12-13-7-5-4-6-8-13/h4-8,14-16H,9-12H2,1-3H3/t14-,15+,16+/m0/s1. The van der Waals surface area contributed by atoms with Crippen LogP contribution in [0.1, 0.15) is 32.8 Å². The number of amides is 1. The highest BCUT2D eigenvalue weighted by atomic mass is 19.1. The molecule has 1 saturated heterocycles. The summed E-state index contributed by atoms with van der Waals surface area (Å²) < 4.78 is 25.6. The number of carbonyl (C=O) groups is 1. The first-order valence-corrected chi connectivity index (χ1v) is 8.60. The molecule has 2 rings (SSSR count). The SMILES string of the molecule is CC(C)(C)OC(=O)N1C[C@@H](F)C[C@@H](OCc2ccccc2)[C@H](N=[N+]=[N-])C1. The molecule has 3 atom stereocenters. The predicted molar refractivity (Wildman–Crippen MR) is 95.3 cm³/mol. The Labute approximate surface area is 152 Å². The highest BCUT2D eigenvalue weighted by Crippen LogP contribution is 2.23. The summed E-state index contributed by atoms with van der Waals surface area (Å²) in [5, 5.41) is 3.74. The van der Waals surface area contributed by atoms with Crippen molar-refractivity contribution in [1.29, 1.82) is 0 Å². The Morgan fingerprint density at radius 3 is 2.65 bits per heavy atom. The largest absolute Gasteiger partial charge is 0.444 e. The lowest BCUT2D eigenvalue weighted by atomic mass is 10.1. The number of hydrogen-bond acceptors (Lipinski definition) is 4. The van der Waals surface area contributed by atoms with Gasteiger partial charge >= 0.3 is 6.09 Å². The molecule has 26 heavy (non-hydrogen) atoms. The third kappa shape index (κ3) is 6.20. The lowest BCUT2D eigenvalue weighted by Crippen LogP contribution is -2.42. The number of rotatable bonds is 4. The first-order chi connectivity index (χ1) is 12.3. The van der Waals surface area contributed by atoms with Crippen molar-refractivity contribution >= 4 is 6.09 Å². The van der Waals surface area contributed by atoms with Gasteiger partial charge in [0.05, 0.1) is 25.3 Å². The molecule has 1 heterocycles. The Kier molecular flexibility index (Phi) is 6.83. The van der Waals surface area contributed by atoms with Gasteiger partial charge in [0.2, 0.25) is 0 Å². The van der Waals surface area contributed by atoms with Crippen LogP contribution in [-0.4, -0.2) is 48.0 Å². The first kappa shape index (κ1) is 20.0. The molecule has 0 N–H and O–H groups in total. The second-order valence-electron chi connectivity index (χ2n) is 7.33. The molecule has 1 aromatic carbocycles. The molecule has 0 radical (unpaired) electrons. The predicted octanol–water partition coefficient (Wildman–Crippen LogP) is 4.23. The maximum Gasteiger partial charge on any atom is 0.410 e. The van der Waals surface area contributed by atoms with Crippen LogP contribution in [-0.2, 0) is 16.1 Å². The van der Waals surface area contributed by atoms with Gasteiger partial charge < -0.3 is 14.4 Å². The highest BCUT2D eigenvalue weighted by molar-refractivity contribution is 5.68. The number of benzene rings is 1. The topological polar surface area (TPSA) is 87.5 Å². The summed E-state index contributed by atoms with van der Waals surface area (Å²) >= 11 is 0. The first-order valence-electron chi connectivity index (χ1n) is 8.60. The normalized spacial score (nSPS) is 23.7. The Bertz CT molecular complexity index is 644. The molecule has 142 valence electrons. The van der Waals surface area contributed by atoms with Crippen molar-refractivity contribution in [1.82, 2.24) is 4.90 Å². The van der Waals surface area contributed by atoms with Gasteiger partial charge in [0.25, 0.3) is 0 Å². The van der Waals surface area contributed by atoms with E-state index in [4.69, 9.17) is 15.0 Å². The molecular formula is C18H25FN4O3. The Morgan fingerprint density at radius 2 is 2.04 bits per heavy atom. The molecule has 1 aromatic rings. The third-order valence-corrected chi connectivity index (χ3v) is 3.90. The molecule has 0 spiro atoms. The number of alkyl halides is 1. The number of azide groups is 1. The molecule has 0 bridgehead atoms. The number of likely N-dealkylation sites (tertiary alicyclic amines) is 1. The summed E-state index contributed by atoms with van der Waals surface area (Å²) in [5.41, 5.74) is 9.12. The molecule has 1 aliphatic heterocycles. The van der Waals surface area contributed by atoms with Crippen molar-refractivity contribution < 1.29 is 18.7 Å². The van der Waals surface area contributed by atoms with Gasteiger partial charge in [-0.15, -0.1) is 0 Å². The van der Waals surface area contributed by atoms with E-state index in [1.165, 1.54) is 4.90 Å². The van der Waals surface area contributed by atoms with Crippen LogP contribution in [0.5, 0.6) is 0 Å². The minimum atomic E-state index is -1.29. The van der Waals surface area contributed by atoms with E-state index in [2.05, 4.69) is 10.0 Å². The fourth-order valence-corrected chi connectivity index (χ4v) is 2.75. The molecule has 1 amide bonds. The van der Waals surface area contributed by atoms with Crippen LogP contribution in [0, 0.1) is 0 Å². The third-order valence-electron chi connectivity index (χ3n) is 3.90. The van der Waals surface area contributed by atoms with Crippen LogP contribution in [0.2, 0.25) is 0 Å². The van der Waals surface area contributed by atoms with Gasteiger partial charge in [-0.2, -0.15) is 0 Å². The molecule has 1 aliphatic rings.